The molecule has 2 atom stereocenters. The fourth-order valence-electron chi connectivity index (χ4n) is 4.41. The second-order valence-electron chi connectivity index (χ2n) is 9.53. The third-order valence-electron chi connectivity index (χ3n) is 6.77. The van der Waals surface area contributed by atoms with Crippen LogP contribution >= 0.6 is 46.7 Å². The highest BCUT2D eigenvalue weighted by Crippen LogP contribution is 2.38. The van der Waals surface area contributed by atoms with Crippen LogP contribution in [-0.2, 0) is 0 Å². The van der Waals surface area contributed by atoms with Crippen molar-refractivity contribution in [3.05, 3.63) is 129 Å². The van der Waals surface area contributed by atoms with Gasteiger partial charge in [-0.05, 0) is 83.9 Å². The van der Waals surface area contributed by atoms with Gasteiger partial charge in [0.25, 0.3) is 0 Å². The Morgan fingerprint density at radius 3 is 1.21 bits per heavy atom. The van der Waals surface area contributed by atoms with E-state index in [0.29, 0.717) is 45.5 Å². The Hall–Kier alpha value is -2.90. The van der Waals surface area contributed by atoms with Crippen LogP contribution in [0.25, 0.3) is 0 Å². The Morgan fingerprint density at radius 1 is 0.571 bits per heavy atom. The molecule has 0 saturated heterocycles. The van der Waals surface area contributed by atoms with Gasteiger partial charge in [0.2, 0.25) is 0 Å². The molecule has 0 saturated carbocycles. The van der Waals surface area contributed by atoms with Crippen molar-refractivity contribution in [1.29, 1.82) is 0 Å². The zero-order valence-corrected chi connectivity index (χ0v) is 26.6. The number of hydrogen-bond acceptors (Lipinski definition) is 6. The van der Waals surface area contributed by atoms with Crippen LogP contribution in [0.5, 0.6) is 11.5 Å². The molecule has 0 unspecified atom stereocenters. The first-order valence-corrected chi connectivity index (χ1v) is 16.3. The van der Waals surface area contributed by atoms with E-state index in [4.69, 9.17) is 32.7 Å². The zero-order valence-electron chi connectivity index (χ0n) is 23.4. The molecule has 218 valence electrons. The summed E-state index contributed by atoms with van der Waals surface area (Å²) in [4.78, 5) is 26.4. The molecule has 4 rings (SSSR count). The highest BCUT2D eigenvalue weighted by molar-refractivity contribution is 8.03. The summed E-state index contributed by atoms with van der Waals surface area (Å²) >= 11 is 15.8. The Morgan fingerprint density at radius 2 is 0.905 bits per heavy atom. The molecule has 0 bridgehead atoms. The SMILES string of the molecule is COc1ccc(C(=O)C[C@H](SCCS[C@@H](CC(=O)c2ccc(OC)cc2)c2ccc(Cl)cc2)c2ccc(Cl)cc2)cc1. The number of carbonyl (C=O) groups is 2. The van der Waals surface area contributed by atoms with E-state index >= 15 is 0 Å². The summed E-state index contributed by atoms with van der Waals surface area (Å²) in [6.45, 7) is 0. The maximum Gasteiger partial charge on any atom is 0.164 e. The molecule has 0 N–H and O–H groups in total. The number of thioether (sulfide) groups is 2. The fourth-order valence-corrected chi connectivity index (χ4v) is 7.24. The van der Waals surface area contributed by atoms with E-state index in [2.05, 4.69) is 0 Å². The molecule has 42 heavy (non-hydrogen) atoms. The molecule has 0 aliphatic heterocycles. The van der Waals surface area contributed by atoms with Crippen LogP contribution < -0.4 is 9.47 Å². The van der Waals surface area contributed by atoms with E-state index in [0.717, 1.165) is 22.6 Å². The van der Waals surface area contributed by atoms with E-state index in [1.807, 2.05) is 48.5 Å². The summed E-state index contributed by atoms with van der Waals surface area (Å²) in [5, 5.41) is 1.25. The number of ether oxygens (including phenoxy) is 2. The average Bonchev–Trinajstić information content (AvgIpc) is 3.02. The lowest BCUT2D eigenvalue weighted by Gasteiger charge is -2.19. The number of Topliss-reactive ketones (excluding diaryl/α,β-unsaturated/α-hetero) is 2. The third-order valence-corrected chi connectivity index (χ3v) is 10.1. The zero-order chi connectivity index (χ0) is 29.9. The van der Waals surface area contributed by atoms with Crippen LogP contribution in [0.15, 0.2) is 97.1 Å². The second-order valence-corrected chi connectivity index (χ2v) is 13.0. The smallest absolute Gasteiger partial charge is 0.164 e. The van der Waals surface area contributed by atoms with Crippen LogP contribution in [0.2, 0.25) is 10.0 Å². The minimum atomic E-state index is -0.0348. The van der Waals surface area contributed by atoms with E-state index < -0.39 is 0 Å². The fraction of sp³-hybridized carbons (Fsp3) is 0.235. The van der Waals surface area contributed by atoms with Crippen LogP contribution in [0.3, 0.4) is 0 Å². The summed E-state index contributed by atoms with van der Waals surface area (Å²) in [5.74, 6) is 3.17. The topological polar surface area (TPSA) is 52.6 Å². The lowest BCUT2D eigenvalue weighted by atomic mass is 10.0. The van der Waals surface area contributed by atoms with Gasteiger partial charge in [-0.15, -0.1) is 0 Å². The van der Waals surface area contributed by atoms with Crippen molar-refractivity contribution in [3.63, 3.8) is 0 Å². The Balaban J connectivity index is 1.43. The highest BCUT2D eigenvalue weighted by Gasteiger charge is 2.21. The van der Waals surface area contributed by atoms with Gasteiger partial charge < -0.3 is 9.47 Å². The van der Waals surface area contributed by atoms with Gasteiger partial charge in [0.15, 0.2) is 11.6 Å². The van der Waals surface area contributed by atoms with Crippen molar-refractivity contribution in [2.45, 2.75) is 23.3 Å². The van der Waals surface area contributed by atoms with Gasteiger partial charge in [-0.25, -0.2) is 0 Å². The van der Waals surface area contributed by atoms with Gasteiger partial charge in [-0.1, -0.05) is 47.5 Å². The van der Waals surface area contributed by atoms with Crippen molar-refractivity contribution >= 4 is 58.3 Å². The first kappa shape index (κ1) is 32.0. The number of hydrogen-bond donors (Lipinski definition) is 0. The summed E-state index contributed by atoms with van der Waals surface area (Å²) in [6.07, 6.45) is 0.722. The number of methoxy groups -OCH3 is 2. The van der Waals surface area contributed by atoms with E-state index in [1.54, 1.807) is 86.3 Å². The molecule has 4 nitrogen and oxygen atoms in total. The third kappa shape index (κ3) is 9.30. The minimum absolute atomic E-state index is 0.0348. The predicted octanol–water partition coefficient (Wildman–Crippen LogP) is 9.81. The molecule has 8 heteroatoms. The van der Waals surface area contributed by atoms with Crippen molar-refractivity contribution in [2.24, 2.45) is 0 Å². The van der Waals surface area contributed by atoms with Gasteiger partial charge in [0.1, 0.15) is 11.5 Å². The molecule has 4 aromatic rings. The van der Waals surface area contributed by atoms with Crippen LogP contribution in [-0.4, -0.2) is 37.3 Å². The molecule has 4 aromatic carbocycles. The normalized spacial score (nSPS) is 12.4. The average molecular weight is 640 g/mol. The molecule has 0 heterocycles. The highest BCUT2D eigenvalue weighted by atomic mass is 35.5. The molecule has 0 spiro atoms. The van der Waals surface area contributed by atoms with Crippen LogP contribution in [0.4, 0.5) is 0 Å². The number of rotatable bonds is 15. The van der Waals surface area contributed by atoms with E-state index in [-0.39, 0.29) is 22.1 Å². The minimum Gasteiger partial charge on any atom is -0.497 e. The first-order chi connectivity index (χ1) is 20.4. The maximum atomic E-state index is 13.2. The second kappa shape index (κ2) is 16.1. The van der Waals surface area contributed by atoms with Crippen molar-refractivity contribution in [1.82, 2.24) is 0 Å². The summed E-state index contributed by atoms with van der Waals surface area (Å²) in [7, 11) is 3.21. The maximum absolute atomic E-state index is 13.2. The molecule has 0 radical (unpaired) electrons. The van der Waals surface area contributed by atoms with Crippen molar-refractivity contribution < 1.29 is 19.1 Å². The molecule has 0 aromatic heterocycles. The van der Waals surface area contributed by atoms with Gasteiger partial charge in [0.05, 0.1) is 14.2 Å². The summed E-state index contributed by atoms with van der Waals surface area (Å²) < 4.78 is 10.5. The van der Waals surface area contributed by atoms with Gasteiger partial charge >= 0.3 is 0 Å². The summed E-state index contributed by atoms with van der Waals surface area (Å²) in [5.41, 5.74) is 3.43. The van der Waals surface area contributed by atoms with Crippen molar-refractivity contribution in [2.75, 3.05) is 25.7 Å². The summed E-state index contributed by atoms with van der Waals surface area (Å²) in [6, 6.07) is 29.8. The molecule has 0 amide bonds. The van der Waals surface area contributed by atoms with E-state index in [1.165, 1.54) is 0 Å². The Labute approximate surface area is 266 Å². The lowest BCUT2D eigenvalue weighted by molar-refractivity contribution is 0.0974. The molecule has 0 aliphatic carbocycles. The molecular formula is C34H32Cl2O4S2. The largest absolute Gasteiger partial charge is 0.497 e. The van der Waals surface area contributed by atoms with Crippen LogP contribution in [0.1, 0.15) is 55.2 Å². The molecule has 0 aliphatic rings. The Kier molecular flexibility index (Phi) is 12.3. The van der Waals surface area contributed by atoms with Gasteiger partial charge in [0, 0.05) is 56.0 Å². The monoisotopic (exact) mass is 638 g/mol. The van der Waals surface area contributed by atoms with E-state index in [9.17, 15) is 9.59 Å². The van der Waals surface area contributed by atoms with Crippen molar-refractivity contribution in [3.8, 4) is 11.5 Å². The molecule has 0 fully saturated rings. The van der Waals surface area contributed by atoms with Gasteiger partial charge in [-0.3, -0.25) is 9.59 Å². The standard InChI is InChI=1S/C34H32Cl2O4S2/c1-39-29-15-7-23(8-16-29)31(37)21-33(25-3-11-27(35)12-4-25)41-19-20-42-34(26-5-13-28(36)14-6-26)22-32(38)24-9-17-30(40-2)18-10-24/h3-18,33-34H,19-22H2,1-2H3/t33-,34-/m0/s1. The number of ketones is 2. The number of halogens is 2. The lowest BCUT2D eigenvalue weighted by Crippen LogP contribution is -2.08. The Bertz CT molecular complexity index is 1330. The van der Waals surface area contributed by atoms with Gasteiger partial charge in [-0.2, -0.15) is 23.5 Å². The molecular weight excluding hydrogens is 607 g/mol. The first-order valence-electron chi connectivity index (χ1n) is 13.4. The van der Waals surface area contributed by atoms with Crippen LogP contribution in [0, 0.1) is 0 Å². The predicted molar refractivity (Wildman–Crippen MR) is 177 cm³/mol. The quantitative estimate of drug-likeness (QED) is 0.0954. The number of benzene rings is 4. The number of carbonyl (C=O) groups excluding carboxylic acids is 2.